The van der Waals surface area contributed by atoms with Gasteiger partial charge in [-0.1, -0.05) is 60.1 Å². The first-order valence-electron chi connectivity index (χ1n) is 11.1. The van der Waals surface area contributed by atoms with Crippen LogP contribution in [0.4, 0.5) is 0 Å². The number of hydrogen-bond acceptors (Lipinski definition) is 3. The molecule has 0 radical (unpaired) electrons. The Kier molecular flexibility index (Phi) is 7.45. The molecule has 6 heteroatoms. The minimum Gasteiger partial charge on any atom is -0.485 e. The first-order valence-corrected chi connectivity index (χ1v) is 11.5. The Bertz CT molecular complexity index is 1230. The molecule has 3 aromatic carbocycles. The zero-order valence-electron chi connectivity index (χ0n) is 18.8. The molecule has 1 atom stereocenters. The summed E-state index contributed by atoms with van der Waals surface area (Å²) < 4.78 is 5.99. The minimum atomic E-state index is -0.397. The van der Waals surface area contributed by atoms with Crippen LogP contribution < -0.4 is 15.4 Å². The number of fused-ring (bicyclic) bond motifs is 1. The van der Waals surface area contributed by atoms with E-state index in [2.05, 4.69) is 10.6 Å². The summed E-state index contributed by atoms with van der Waals surface area (Å²) in [7, 11) is 0. The van der Waals surface area contributed by atoms with Gasteiger partial charge in [-0.2, -0.15) is 0 Å². The van der Waals surface area contributed by atoms with Crippen LogP contribution in [0, 0.1) is 0 Å². The van der Waals surface area contributed by atoms with E-state index >= 15 is 0 Å². The van der Waals surface area contributed by atoms with Gasteiger partial charge in [0.25, 0.3) is 11.8 Å². The number of rotatable bonds is 7. The molecule has 2 amide bonds. The Morgan fingerprint density at radius 1 is 0.971 bits per heavy atom. The standard InChI is InChI=1S/C28H25ClN2O3/c1-19-23(17-22-9-5-6-10-26(22)34-19)18-25(31-27(32)21-11-13-24(29)14-12-21)28(33)30-16-15-20-7-3-2-4-8-20/h2-14,17-19H,15-16H2,1H3,(H,30,33)(H,31,32)/b25-18-. The van der Waals surface area contributed by atoms with Gasteiger partial charge < -0.3 is 15.4 Å². The average Bonchev–Trinajstić information content (AvgIpc) is 2.85. The molecule has 172 valence electrons. The number of nitrogens with one attached hydrogen (secondary N) is 2. The molecule has 2 N–H and O–H groups in total. The zero-order valence-corrected chi connectivity index (χ0v) is 19.5. The van der Waals surface area contributed by atoms with Crippen molar-refractivity contribution >= 4 is 29.5 Å². The second-order valence-corrected chi connectivity index (χ2v) is 8.39. The molecular formula is C28H25ClN2O3. The van der Waals surface area contributed by atoms with E-state index in [0.29, 0.717) is 23.6 Å². The van der Waals surface area contributed by atoms with Crippen molar-refractivity contribution in [2.24, 2.45) is 0 Å². The Hall–Kier alpha value is -3.83. The largest absolute Gasteiger partial charge is 0.485 e. The maximum Gasteiger partial charge on any atom is 0.267 e. The highest BCUT2D eigenvalue weighted by molar-refractivity contribution is 6.30. The number of amides is 2. The maximum atomic E-state index is 13.1. The van der Waals surface area contributed by atoms with E-state index < -0.39 is 5.91 Å². The number of ether oxygens (including phenoxy) is 1. The van der Waals surface area contributed by atoms with Gasteiger partial charge in [0, 0.05) is 22.7 Å². The molecule has 0 spiro atoms. The average molecular weight is 473 g/mol. The number of halogens is 1. The van der Waals surface area contributed by atoms with Gasteiger partial charge in [-0.05, 0) is 67.0 Å². The van der Waals surface area contributed by atoms with E-state index in [9.17, 15) is 9.59 Å². The normalized spacial score (nSPS) is 14.9. The molecule has 0 saturated heterocycles. The van der Waals surface area contributed by atoms with Crippen LogP contribution in [0.5, 0.6) is 5.75 Å². The minimum absolute atomic E-state index is 0.147. The molecule has 0 fully saturated rings. The lowest BCUT2D eigenvalue weighted by molar-refractivity contribution is -0.117. The summed E-state index contributed by atoms with van der Waals surface area (Å²) in [6.45, 7) is 2.34. The van der Waals surface area contributed by atoms with Crippen molar-refractivity contribution in [1.29, 1.82) is 0 Å². The molecule has 0 aliphatic carbocycles. The molecule has 0 aromatic heterocycles. The first-order chi connectivity index (χ1) is 16.5. The van der Waals surface area contributed by atoms with Crippen LogP contribution in [0.3, 0.4) is 0 Å². The van der Waals surface area contributed by atoms with Crippen molar-refractivity contribution < 1.29 is 14.3 Å². The second-order valence-electron chi connectivity index (χ2n) is 7.95. The van der Waals surface area contributed by atoms with Crippen LogP contribution in [0.1, 0.15) is 28.4 Å². The van der Waals surface area contributed by atoms with Crippen molar-refractivity contribution in [1.82, 2.24) is 10.6 Å². The van der Waals surface area contributed by atoms with E-state index in [-0.39, 0.29) is 17.7 Å². The molecule has 0 bridgehead atoms. The van der Waals surface area contributed by atoms with E-state index in [1.807, 2.05) is 67.6 Å². The topological polar surface area (TPSA) is 67.4 Å². The van der Waals surface area contributed by atoms with E-state index in [1.165, 1.54) is 0 Å². The molecule has 1 heterocycles. The molecule has 0 saturated carbocycles. The predicted octanol–water partition coefficient (Wildman–Crippen LogP) is 5.18. The Morgan fingerprint density at radius 2 is 1.68 bits per heavy atom. The third kappa shape index (κ3) is 5.94. The second kappa shape index (κ2) is 10.9. The zero-order chi connectivity index (χ0) is 23.9. The highest BCUT2D eigenvalue weighted by Gasteiger charge is 2.21. The summed E-state index contributed by atoms with van der Waals surface area (Å²) >= 11 is 5.94. The molecule has 3 aromatic rings. The molecule has 4 rings (SSSR count). The van der Waals surface area contributed by atoms with Gasteiger partial charge >= 0.3 is 0 Å². The van der Waals surface area contributed by atoms with Crippen LogP contribution in [0.15, 0.2) is 96.2 Å². The summed E-state index contributed by atoms with van der Waals surface area (Å²) in [5, 5.41) is 6.20. The van der Waals surface area contributed by atoms with Gasteiger partial charge in [0.05, 0.1) is 0 Å². The smallest absolute Gasteiger partial charge is 0.267 e. The number of carbonyl (C=O) groups excluding carboxylic acids is 2. The molecule has 1 aliphatic heterocycles. The summed E-state index contributed by atoms with van der Waals surface area (Å²) in [5.74, 6) is 0.0166. The van der Waals surface area contributed by atoms with Gasteiger partial charge in [0.1, 0.15) is 17.6 Å². The summed E-state index contributed by atoms with van der Waals surface area (Å²) in [5.41, 5.74) is 3.36. The maximum absolute atomic E-state index is 13.1. The number of hydrogen-bond donors (Lipinski definition) is 2. The summed E-state index contributed by atoms with van der Waals surface area (Å²) in [6, 6.07) is 24.1. The van der Waals surface area contributed by atoms with Gasteiger partial charge in [-0.15, -0.1) is 0 Å². The van der Waals surface area contributed by atoms with Crippen molar-refractivity contribution in [3.63, 3.8) is 0 Å². The predicted molar refractivity (Wildman–Crippen MR) is 135 cm³/mol. The highest BCUT2D eigenvalue weighted by Crippen LogP contribution is 2.30. The fraction of sp³-hybridized carbons (Fsp3) is 0.143. The van der Waals surface area contributed by atoms with Crippen LogP contribution in [-0.2, 0) is 11.2 Å². The molecule has 5 nitrogen and oxygen atoms in total. The fourth-order valence-electron chi connectivity index (χ4n) is 3.60. The van der Waals surface area contributed by atoms with E-state index in [1.54, 1.807) is 30.3 Å². The van der Waals surface area contributed by atoms with Crippen molar-refractivity contribution in [3.8, 4) is 5.75 Å². The van der Waals surface area contributed by atoms with Gasteiger partial charge in [0.2, 0.25) is 0 Å². The van der Waals surface area contributed by atoms with Crippen LogP contribution in [0.25, 0.3) is 6.08 Å². The lowest BCUT2D eigenvalue weighted by atomic mass is 10.0. The molecular weight excluding hydrogens is 448 g/mol. The highest BCUT2D eigenvalue weighted by atomic mass is 35.5. The summed E-state index contributed by atoms with van der Waals surface area (Å²) in [6.07, 6.45) is 4.04. The lowest BCUT2D eigenvalue weighted by Gasteiger charge is -2.23. The van der Waals surface area contributed by atoms with E-state index in [0.717, 1.165) is 22.4 Å². The number of para-hydroxylation sites is 1. The van der Waals surface area contributed by atoms with Crippen LogP contribution in [0.2, 0.25) is 5.02 Å². The Morgan fingerprint density at radius 3 is 2.44 bits per heavy atom. The molecule has 1 aliphatic rings. The first kappa shape index (κ1) is 23.3. The van der Waals surface area contributed by atoms with Gasteiger partial charge in [-0.3, -0.25) is 9.59 Å². The van der Waals surface area contributed by atoms with Gasteiger partial charge in [-0.25, -0.2) is 0 Å². The van der Waals surface area contributed by atoms with Gasteiger partial charge in [0.15, 0.2) is 0 Å². The number of benzene rings is 3. The monoisotopic (exact) mass is 472 g/mol. The third-order valence-corrected chi connectivity index (χ3v) is 5.72. The molecule has 34 heavy (non-hydrogen) atoms. The van der Waals surface area contributed by atoms with Crippen LogP contribution in [-0.4, -0.2) is 24.5 Å². The fourth-order valence-corrected chi connectivity index (χ4v) is 3.73. The number of carbonyl (C=O) groups is 2. The lowest BCUT2D eigenvalue weighted by Crippen LogP contribution is -2.36. The van der Waals surface area contributed by atoms with E-state index in [4.69, 9.17) is 16.3 Å². The van der Waals surface area contributed by atoms with Crippen molar-refractivity contribution in [2.45, 2.75) is 19.4 Å². The van der Waals surface area contributed by atoms with Crippen molar-refractivity contribution in [2.75, 3.05) is 6.54 Å². The third-order valence-electron chi connectivity index (χ3n) is 5.47. The SMILES string of the molecule is CC1Oc2ccccc2C=C1/C=C(\NC(=O)c1ccc(Cl)cc1)C(=O)NCCc1ccccc1. The Labute approximate surface area is 204 Å². The summed E-state index contributed by atoms with van der Waals surface area (Å²) in [4.78, 5) is 26.0. The quantitative estimate of drug-likeness (QED) is 0.466. The Balaban J connectivity index is 1.56. The molecule has 1 unspecified atom stereocenters. The van der Waals surface area contributed by atoms with Crippen molar-refractivity contribution in [3.05, 3.63) is 118 Å². The van der Waals surface area contributed by atoms with Crippen LogP contribution >= 0.6 is 11.6 Å².